The van der Waals surface area contributed by atoms with Crippen molar-refractivity contribution in [3.05, 3.63) is 29.8 Å². The Kier molecular flexibility index (Phi) is 13.5. The number of thioether (sulfide) groups is 1. The van der Waals surface area contributed by atoms with E-state index in [-0.39, 0.29) is 18.6 Å². The summed E-state index contributed by atoms with van der Waals surface area (Å²) in [5.41, 5.74) is 6.42. The Balaban J connectivity index is 3.15. The highest BCUT2D eigenvalue weighted by Gasteiger charge is 2.31. The third kappa shape index (κ3) is 11.5. The Morgan fingerprint density at radius 1 is 0.892 bits per heavy atom. The van der Waals surface area contributed by atoms with Gasteiger partial charge in [0.1, 0.15) is 23.9 Å². The Morgan fingerprint density at radius 3 is 1.97 bits per heavy atom. The second kappa shape index (κ2) is 15.7. The van der Waals surface area contributed by atoms with Gasteiger partial charge >= 0.3 is 11.9 Å². The summed E-state index contributed by atoms with van der Waals surface area (Å²) in [6, 6.07) is 1.18. The number of phenolic OH excluding ortho intramolecular Hbond substituents is 1. The first kappa shape index (κ1) is 31.7. The number of hydrogen-bond acceptors (Lipinski definition) is 8. The van der Waals surface area contributed by atoms with Crippen molar-refractivity contribution in [3.63, 3.8) is 0 Å². The minimum Gasteiger partial charge on any atom is -0.508 e. The quantitative estimate of drug-likeness (QED) is 0.150. The molecule has 13 heteroatoms. The van der Waals surface area contributed by atoms with Gasteiger partial charge in [-0.2, -0.15) is 11.8 Å². The molecule has 3 amide bonds. The van der Waals surface area contributed by atoms with Gasteiger partial charge in [0.05, 0.1) is 6.04 Å². The van der Waals surface area contributed by atoms with E-state index in [9.17, 15) is 34.2 Å². The molecule has 0 spiro atoms. The molecule has 0 saturated heterocycles. The van der Waals surface area contributed by atoms with Crippen LogP contribution in [0.3, 0.4) is 0 Å². The summed E-state index contributed by atoms with van der Waals surface area (Å²) < 4.78 is 0. The van der Waals surface area contributed by atoms with Gasteiger partial charge in [-0.1, -0.05) is 26.0 Å². The fraction of sp³-hybridized carbons (Fsp3) is 0.542. The maximum atomic E-state index is 13.1. The van der Waals surface area contributed by atoms with E-state index in [2.05, 4.69) is 16.0 Å². The van der Waals surface area contributed by atoms with Crippen molar-refractivity contribution in [2.24, 2.45) is 11.7 Å². The molecule has 0 aromatic heterocycles. The van der Waals surface area contributed by atoms with Gasteiger partial charge in [0.2, 0.25) is 17.7 Å². The summed E-state index contributed by atoms with van der Waals surface area (Å²) in [6.45, 7) is 3.23. The number of amides is 3. The van der Waals surface area contributed by atoms with Crippen LogP contribution < -0.4 is 21.7 Å². The molecule has 0 aliphatic heterocycles. The molecular weight excluding hydrogens is 504 g/mol. The topological polar surface area (TPSA) is 208 Å². The van der Waals surface area contributed by atoms with Gasteiger partial charge in [-0.25, -0.2) is 4.79 Å². The molecule has 0 aliphatic carbocycles. The molecule has 4 atom stereocenters. The van der Waals surface area contributed by atoms with Crippen LogP contribution in [-0.2, 0) is 30.4 Å². The third-order valence-electron chi connectivity index (χ3n) is 5.49. The van der Waals surface area contributed by atoms with Gasteiger partial charge in [0, 0.05) is 12.8 Å². The standard InChI is InChI=1S/C24H36N4O8S/c1-13(2)20(24(35)36)28-23(34)18(12-14-4-6-15(29)7-5-14)27-22(33)17(8-9-19(30)31)26-21(32)16(25)10-11-37-3/h4-7,13,16-18,20,29H,8-12,25H2,1-3H3,(H,26,32)(H,27,33)(H,28,34)(H,30,31)(H,35,36). The van der Waals surface area contributed by atoms with Crippen LogP contribution >= 0.6 is 11.8 Å². The number of nitrogens with two attached hydrogens (primary N) is 1. The molecule has 0 fully saturated rings. The van der Waals surface area contributed by atoms with Crippen LogP contribution in [-0.4, -0.2) is 81.2 Å². The van der Waals surface area contributed by atoms with Crippen LogP contribution in [0.15, 0.2) is 24.3 Å². The van der Waals surface area contributed by atoms with Crippen molar-refractivity contribution in [2.75, 3.05) is 12.0 Å². The molecule has 0 heterocycles. The average Bonchev–Trinajstić information content (AvgIpc) is 2.83. The summed E-state index contributed by atoms with van der Waals surface area (Å²) in [7, 11) is 0. The minimum absolute atomic E-state index is 0.00575. The Labute approximate surface area is 219 Å². The number of benzene rings is 1. The SMILES string of the molecule is CSCCC(N)C(=O)NC(CCC(=O)O)C(=O)NC(Cc1ccc(O)cc1)C(=O)NC(C(=O)O)C(C)C. The fourth-order valence-corrected chi connectivity index (χ4v) is 3.80. The molecule has 37 heavy (non-hydrogen) atoms. The number of aliphatic carboxylic acids is 2. The van der Waals surface area contributed by atoms with Gasteiger partial charge in [-0.05, 0) is 48.5 Å². The van der Waals surface area contributed by atoms with Crippen LogP contribution in [0.1, 0.15) is 38.7 Å². The second-order valence-electron chi connectivity index (χ2n) is 8.88. The van der Waals surface area contributed by atoms with E-state index in [1.165, 1.54) is 36.0 Å². The minimum atomic E-state index is -1.29. The average molecular weight is 541 g/mol. The van der Waals surface area contributed by atoms with E-state index in [1.807, 2.05) is 6.26 Å². The highest BCUT2D eigenvalue weighted by Crippen LogP contribution is 2.13. The summed E-state index contributed by atoms with van der Waals surface area (Å²) in [6.07, 6.45) is 1.45. The highest BCUT2D eigenvalue weighted by molar-refractivity contribution is 7.98. The number of rotatable bonds is 16. The Morgan fingerprint density at radius 2 is 1.46 bits per heavy atom. The fourth-order valence-electron chi connectivity index (χ4n) is 3.31. The molecule has 0 aliphatic rings. The highest BCUT2D eigenvalue weighted by atomic mass is 32.2. The summed E-state index contributed by atoms with van der Waals surface area (Å²) >= 11 is 1.49. The molecule has 0 saturated carbocycles. The largest absolute Gasteiger partial charge is 0.508 e. The van der Waals surface area contributed by atoms with E-state index < -0.39 is 66.2 Å². The molecule has 0 bridgehead atoms. The predicted molar refractivity (Wildman–Crippen MR) is 138 cm³/mol. The van der Waals surface area contributed by atoms with E-state index in [4.69, 9.17) is 10.8 Å². The zero-order chi connectivity index (χ0) is 28.1. The van der Waals surface area contributed by atoms with Crippen LogP contribution in [0.5, 0.6) is 5.75 Å². The first-order valence-electron chi connectivity index (χ1n) is 11.7. The zero-order valence-corrected chi connectivity index (χ0v) is 21.9. The molecule has 8 N–H and O–H groups in total. The molecule has 0 radical (unpaired) electrons. The number of phenols is 1. The normalized spacial score (nSPS) is 14.2. The number of carbonyl (C=O) groups excluding carboxylic acids is 3. The predicted octanol–water partition coefficient (Wildman–Crippen LogP) is 0.0749. The lowest BCUT2D eigenvalue weighted by Crippen LogP contribution is -2.58. The lowest BCUT2D eigenvalue weighted by Gasteiger charge is -2.26. The smallest absolute Gasteiger partial charge is 0.326 e. The number of carboxylic acid groups (broad SMARTS) is 2. The first-order chi connectivity index (χ1) is 17.3. The van der Waals surface area contributed by atoms with E-state index in [1.54, 1.807) is 13.8 Å². The maximum absolute atomic E-state index is 13.1. The third-order valence-corrected chi connectivity index (χ3v) is 6.13. The number of nitrogens with one attached hydrogen (secondary N) is 3. The van der Waals surface area contributed by atoms with Crippen molar-refractivity contribution in [3.8, 4) is 5.75 Å². The van der Waals surface area contributed by atoms with Gasteiger partial charge < -0.3 is 37.0 Å². The van der Waals surface area contributed by atoms with Crippen molar-refractivity contribution < 1.29 is 39.3 Å². The summed E-state index contributed by atoms with van der Waals surface area (Å²) in [5, 5.41) is 35.5. The maximum Gasteiger partial charge on any atom is 0.326 e. The molecule has 12 nitrogen and oxygen atoms in total. The molecule has 1 rings (SSSR count). The van der Waals surface area contributed by atoms with Gasteiger partial charge in [0.25, 0.3) is 0 Å². The molecule has 1 aromatic carbocycles. The van der Waals surface area contributed by atoms with E-state index in [0.29, 0.717) is 17.7 Å². The van der Waals surface area contributed by atoms with Crippen molar-refractivity contribution in [2.45, 2.75) is 63.7 Å². The number of carbonyl (C=O) groups is 5. The monoisotopic (exact) mass is 540 g/mol. The first-order valence-corrected chi connectivity index (χ1v) is 13.1. The van der Waals surface area contributed by atoms with Crippen LogP contribution in [0.2, 0.25) is 0 Å². The molecule has 206 valence electrons. The Hall–Kier alpha value is -3.32. The lowest BCUT2D eigenvalue weighted by atomic mass is 10.0. The van der Waals surface area contributed by atoms with Crippen LogP contribution in [0, 0.1) is 5.92 Å². The van der Waals surface area contributed by atoms with Crippen LogP contribution in [0.4, 0.5) is 0 Å². The number of carboxylic acids is 2. The van der Waals surface area contributed by atoms with E-state index in [0.717, 1.165) is 0 Å². The van der Waals surface area contributed by atoms with Gasteiger partial charge in [-0.3, -0.25) is 19.2 Å². The van der Waals surface area contributed by atoms with Crippen molar-refractivity contribution in [1.29, 1.82) is 0 Å². The van der Waals surface area contributed by atoms with Gasteiger partial charge in [-0.15, -0.1) is 0 Å². The summed E-state index contributed by atoms with van der Waals surface area (Å²) in [5.74, 6) is -4.50. The Bertz CT molecular complexity index is 941. The number of aromatic hydroxyl groups is 1. The summed E-state index contributed by atoms with van der Waals surface area (Å²) in [4.78, 5) is 61.4. The van der Waals surface area contributed by atoms with Gasteiger partial charge in [0.15, 0.2) is 0 Å². The van der Waals surface area contributed by atoms with Crippen molar-refractivity contribution in [1.82, 2.24) is 16.0 Å². The lowest BCUT2D eigenvalue weighted by molar-refractivity contribution is -0.143. The molecular formula is C24H36N4O8S. The molecule has 4 unspecified atom stereocenters. The number of hydrogen-bond donors (Lipinski definition) is 7. The molecule has 1 aromatic rings. The van der Waals surface area contributed by atoms with Crippen molar-refractivity contribution >= 4 is 41.4 Å². The van der Waals surface area contributed by atoms with Crippen LogP contribution in [0.25, 0.3) is 0 Å². The zero-order valence-electron chi connectivity index (χ0n) is 21.1. The van der Waals surface area contributed by atoms with E-state index >= 15 is 0 Å². The second-order valence-corrected chi connectivity index (χ2v) is 9.87.